The highest BCUT2D eigenvalue weighted by Crippen LogP contribution is 2.25. The molecule has 0 saturated heterocycles. The maximum atomic E-state index is 4.40. The maximum Gasteiger partial charge on any atom is -0.0209 e. The maximum absolute atomic E-state index is 4.40. The smallest absolute Gasteiger partial charge is 0.0209 e. The van der Waals surface area contributed by atoms with Crippen molar-refractivity contribution >= 4 is 0 Å². The third kappa shape index (κ3) is 13.4. The molecule has 0 aromatic carbocycles. The molecule has 22 heavy (non-hydrogen) atoms. The number of hydrogen-bond donors (Lipinski definition) is 0. The number of allylic oxidation sites excluding steroid dienone is 1. The van der Waals surface area contributed by atoms with Crippen LogP contribution in [0.1, 0.15) is 124 Å². The van der Waals surface area contributed by atoms with Gasteiger partial charge in [0.25, 0.3) is 0 Å². The lowest BCUT2D eigenvalue weighted by Crippen LogP contribution is -2.02. The summed E-state index contributed by atoms with van der Waals surface area (Å²) in [6, 6.07) is 0. The van der Waals surface area contributed by atoms with E-state index in [0.29, 0.717) is 0 Å². The van der Waals surface area contributed by atoms with Gasteiger partial charge in [0.05, 0.1) is 0 Å². The van der Waals surface area contributed by atoms with Gasteiger partial charge in [-0.05, 0) is 31.6 Å². The zero-order chi connectivity index (χ0) is 16.5. The van der Waals surface area contributed by atoms with Crippen molar-refractivity contribution < 1.29 is 0 Å². The third-order valence-electron chi connectivity index (χ3n) is 5.08. The van der Waals surface area contributed by atoms with Gasteiger partial charge in [-0.2, -0.15) is 0 Å². The molecular formula is C22H44. The Morgan fingerprint density at radius 3 is 1.59 bits per heavy atom. The molecule has 0 radical (unpaired) electrons. The zero-order valence-electron chi connectivity index (χ0n) is 16.1. The van der Waals surface area contributed by atoms with E-state index in [9.17, 15) is 0 Å². The second-order valence-corrected chi connectivity index (χ2v) is 7.19. The van der Waals surface area contributed by atoms with Crippen molar-refractivity contribution in [3.63, 3.8) is 0 Å². The Hall–Kier alpha value is -0.260. The van der Waals surface area contributed by atoms with Crippen molar-refractivity contribution in [2.45, 2.75) is 124 Å². The largest absolute Gasteiger partial charge is 0.0996 e. The second kappa shape index (κ2) is 17.1. The molecule has 0 heteroatoms. The summed E-state index contributed by atoms with van der Waals surface area (Å²) in [5.41, 5.74) is 1.55. The molecule has 0 aliphatic rings. The standard InChI is InChI=1S/C22H44/c1-5-8-10-12-14-15-17-19-21(4)22(7-3)20-18-16-13-11-9-6-2/h22H,4-20H2,1-3H3. The Balaban J connectivity index is 3.55. The minimum absolute atomic E-state index is 0.797. The van der Waals surface area contributed by atoms with Crippen LogP contribution in [0.5, 0.6) is 0 Å². The molecule has 1 unspecified atom stereocenters. The highest BCUT2D eigenvalue weighted by atomic mass is 14.2. The van der Waals surface area contributed by atoms with Crippen LogP contribution in [0.15, 0.2) is 12.2 Å². The molecule has 132 valence electrons. The molecule has 1 atom stereocenters. The van der Waals surface area contributed by atoms with Crippen molar-refractivity contribution in [1.82, 2.24) is 0 Å². The van der Waals surface area contributed by atoms with Crippen LogP contribution in [0.3, 0.4) is 0 Å². The minimum atomic E-state index is 0.797. The van der Waals surface area contributed by atoms with E-state index < -0.39 is 0 Å². The van der Waals surface area contributed by atoms with Crippen LogP contribution in [0.4, 0.5) is 0 Å². The normalized spacial score (nSPS) is 12.5. The topological polar surface area (TPSA) is 0 Å². The lowest BCUT2D eigenvalue weighted by molar-refractivity contribution is 0.473. The van der Waals surface area contributed by atoms with Gasteiger partial charge in [0.2, 0.25) is 0 Å². The van der Waals surface area contributed by atoms with Gasteiger partial charge in [-0.25, -0.2) is 0 Å². The van der Waals surface area contributed by atoms with Crippen molar-refractivity contribution in [3.05, 3.63) is 12.2 Å². The van der Waals surface area contributed by atoms with Gasteiger partial charge in [0, 0.05) is 0 Å². The monoisotopic (exact) mass is 308 g/mol. The lowest BCUT2D eigenvalue weighted by atomic mass is 9.88. The van der Waals surface area contributed by atoms with Crippen molar-refractivity contribution in [2.24, 2.45) is 5.92 Å². The van der Waals surface area contributed by atoms with E-state index >= 15 is 0 Å². The van der Waals surface area contributed by atoms with Crippen LogP contribution < -0.4 is 0 Å². The van der Waals surface area contributed by atoms with Gasteiger partial charge in [-0.3, -0.25) is 0 Å². The SMILES string of the molecule is C=C(CCCCCCCCC)C(CC)CCCCCCCC. The Morgan fingerprint density at radius 1 is 0.636 bits per heavy atom. The quantitative estimate of drug-likeness (QED) is 0.187. The zero-order valence-corrected chi connectivity index (χ0v) is 16.1. The van der Waals surface area contributed by atoms with Crippen molar-refractivity contribution in [3.8, 4) is 0 Å². The first-order valence-electron chi connectivity index (χ1n) is 10.4. The average molecular weight is 309 g/mol. The summed E-state index contributed by atoms with van der Waals surface area (Å²) in [6.45, 7) is 11.3. The first-order chi connectivity index (χ1) is 10.8. The van der Waals surface area contributed by atoms with Crippen LogP contribution in [0.25, 0.3) is 0 Å². The van der Waals surface area contributed by atoms with Gasteiger partial charge < -0.3 is 0 Å². The fourth-order valence-corrected chi connectivity index (χ4v) is 3.38. The van der Waals surface area contributed by atoms with E-state index in [1.165, 1.54) is 103 Å². The first kappa shape index (κ1) is 21.7. The van der Waals surface area contributed by atoms with Gasteiger partial charge in [-0.15, -0.1) is 0 Å². The number of hydrogen-bond acceptors (Lipinski definition) is 0. The summed E-state index contributed by atoms with van der Waals surface area (Å²) in [7, 11) is 0. The molecule has 0 fully saturated rings. The molecule has 0 nitrogen and oxygen atoms in total. The molecule has 0 aromatic rings. The van der Waals surface area contributed by atoms with Crippen LogP contribution in [-0.4, -0.2) is 0 Å². The summed E-state index contributed by atoms with van der Waals surface area (Å²) < 4.78 is 0. The fraction of sp³-hybridized carbons (Fsp3) is 0.909. The summed E-state index contributed by atoms with van der Waals surface area (Å²) in [5, 5.41) is 0. The number of rotatable bonds is 17. The van der Waals surface area contributed by atoms with E-state index in [-0.39, 0.29) is 0 Å². The van der Waals surface area contributed by atoms with E-state index in [1.807, 2.05) is 0 Å². The molecule has 0 heterocycles. The molecule has 0 saturated carbocycles. The van der Waals surface area contributed by atoms with E-state index in [0.717, 1.165) is 5.92 Å². The Bertz CT molecular complexity index is 228. The van der Waals surface area contributed by atoms with E-state index in [2.05, 4.69) is 27.4 Å². The predicted octanol–water partition coefficient (Wildman–Crippen LogP) is 8.46. The van der Waals surface area contributed by atoms with Crippen molar-refractivity contribution in [2.75, 3.05) is 0 Å². The Labute approximate surface area is 142 Å². The molecule has 0 N–H and O–H groups in total. The van der Waals surface area contributed by atoms with Gasteiger partial charge in [0.1, 0.15) is 0 Å². The highest BCUT2D eigenvalue weighted by molar-refractivity contribution is 5.00. The van der Waals surface area contributed by atoms with Gasteiger partial charge in [0.15, 0.2) is 0 Å². The molecule has 0 spiro atoms. The third-order valence-corrected chi connectivity index (χ3v) is 5.08. The molecule has 0 amide bonds. The van der Waals surface area contributed by atoms with Crippen LogP contribution in [0, 0.1) is 5.92 Å². The predicted molar refractivity (Wildman–Crippen MR) is 104 cm³/mol. The van der Waals surface area contributed by atoms with Gasteiger partial charge >= 0.3 is 0 Å². The van der Waals surface area contributed by atoms with Crippen molar-refractivity contribution in [1.29, 1.82) is 0 Å². The van der Waals surface area contributed by atoms with Gasteiger partial charge in [-0.1, -0.05) is 110 Å². The Morgan fingerprint density at radius 2 is 1.09 bits per heavy atom. The lowest BCUT2D eigenvalue weighted by Gasteiger charge is -2.18. The summed E-state index contributed by atoms with van der Waals surface area (Å²) in [4.78, 5) is 0. The molecule has 0 rings (SSSR count). The van der Waals surface area contributed by atoms with E-state index in [4.69, 9.17) is 0 Å². The van der Waals surface area contributed by atoms with Crippen LogP contribution in [-0.2, 0) is 0 Å². The molecule has 0 bridgehead atoms. The summed E-state index contributed by atoms with van der Waals surface area (Å²) >= 11 is 0. The first-order valence-corrected chi connectivity index (χ1v) is 10.4. The van der Waals surface area contributed by atoms with E-state index in [1.54, 1.807) is 5.57 Å². The molecular weight excluding hydrogens is 264 g/mol. The van der Waals surface area contributed by atoms with Crippen LogP contribution >= 0.6 is 0 Å². The summed E-state index contributed by atoms with van der Waals surface area (Å²) in [5.74, 6) is 0.797. The Kier molecular flexibility index (Phi) is 16.9. The minimum Gasteiger partial charge on any atom is -0.0996 e. The fourth-order valence-electron chi connectivity index (χ4n) is 3.38. The molecule has 0 aliphatic heterocycles. The number of unbranched alkanes of at least 4 members (excludes halogenated alkanes) is 11. The van der Waals surface area contributed by atoms with Crippen LogP contribution in [0.2, 0.25) is 0 Å². The average Bonchev–Trinajstić information content (AvgIpc) is 2.53. The molecule has 0 aliphatic carbocycles. The summed E-state index contributed by atoms with van der Waals surface area (Å²) in [6.07, 6.45) is 22.3. The second-order valence-electron chi connectivity index (χ2n) is 7.19. The molecule has 0 aromatic heterocycles. The highest BCUT2D eigenvalue weighted by Gasteiger charge is 2.09.